The summed E-state index contributed by atoms with van der Waals surface area (Å²) in [4.78, 5) is 11.5. The van der Waals surface area contributed by atoms with E-state index in [9.17, 15) is 18.0 Å². The van der Waals surface area contributed by atoms with E-state index in [1.54, 1.807) is 12.3 Å². The van der Waals surface area contributed by atoms with Gasteiger partial charge < -0.3 is 10.1 Å². The molecule has 1 aromatic heterocycles. The Morgan fingerprint density at radius 2 is 2.17 bits per heavy atom. The minimum absolute atomic E-state index is 0.178. The summed E-state index contributed by atoms with van der Waals surface area (Å²) in [7, 11) is 1.50. The number of anilines is 1. The van der Waals surface area contributed by atoms with E-state index >= 15 is 0 Å². The first-order valence-electron chi connectivity index (χ1n) is 6.86. The molecule has 0 aliphatic rings. The van der Waals surface area contributed by atoms with Crippen LogP contribution in [0.2, 0.25) is 0 Å². The molecule has 2 aromatic rings. The highest BCUT2D eigenvalue weighted by molar-refractivity contribution is 5.90. The molecule has 1 aromatic carbocycles. The van der Waals surface area contributed by atoms with Crippen molar-refractivity contribution in [3.63, 3.8) is 0 Å². The predicted octanol–water partition coefficient (Wildman–Crippen LogP) is 2.93. The molecule has 0 fully saturated rings. The third-order valence-electron chi connectivity index (χ3n) is 3.05. The average molecular weight is 327 g/mol. The number of aromatic nitrogens is 2. The first kappa shape index (κ1) is 17.0. The number of hydrogen-bond acceptors (Lipinski definition) is 3. The Balaban J connectivity index is 2.00. The largest absolute Gasteiger partial charge is 0.416 e. The number of nitrogens with one attached hydrogen (secondary N) is 1. The number of nitrogens with zero attached hydrogens (tertiary/aromatic N) is 2. The second-order valence-corrected chi connectivity index (χ2v) is 4.92. The van der Waals surface area contributed by atoms with Gasteiger partial charge in [-0.3, -0.25) is 9.48 Å². The standard InChI is InChI=1S/C15H16F3N3O2/c1-23-6-5-14(22)20-13-8-19-21(10-13)9-11-3-2-4-12(7-11)15(16,17)18/h2-4,7-8,10H,5-6,9H2,1H3,(H,20,22). The molecule has 0 atom stereocenters. The molecule has 0 aliphatic heterocycles. The van der Waals surface area contributed by atoms with E-state index in [-0.39, 0.29) is 18.9 Å². The Hall–Kier alpha value is -2.35. The van der Waals surface area contributed by atoms with Crippen LogP contribution in [0.15, 0.2) is 36.7 Å². The molecule has 0 bridgehead atoms. The Labute approximate surface area is 131 Å². The van der Waals surface area contributed by atoms with Crippen molar-refractivity contribution in [3.8, 4) is 0 Å². The van der Waals surface area contributed by atoms with Crippen LogP contribution in [0.5, 0.6) is 0 Å². The maximum absolute atomic E-state index is 12.7. The monoisotopic (exact) mass is 327 g/mol. The van der Waals surface area contributed by atoms with E-state index in [4.69, 9.17) is 4.74 Å². The van der Waals surface area contributed by atoms with Gasteiger partial charge in [-0.2, -0.15) is 18.3 Å². The van der Waals surface area contributed by atoms with Crippen molar-refractivity contribution in [2.24, 2.45) is 0 Å². The van der Waals surface area contributed by atoms with Crippen LogP contribution in [0.1, 0.15) is 17.5 Å². The van der Waals surface area contributed by atoms with Crippen LogP contribution in [0.3, 0.4) is 0 Å². The van der Waals surface area contributed by atoms with Gasteiger partial charge in [0.15, 0.2) is 0 Å². The summed E-state index contributed by atoms with van der Waals surface area (Å²) in [6, 6.07) is 5.05. The van der Waals surface area contributed by atoms with Crippen molar-refractivity contribution in [1.29, 1.82) is 0 Å². The van der Waals surface area contributed by atoms with Gasteiger partial charge in [0.1, 0.15) is 0 Å². The van der Waals surface area contributed by atoms with Gasteiger partial charge >= 0.3 is 6.18 Å². The summed E-state index contributed by atoms with van der Waals surface area (Å²) in [5.74, 6) is -0.217. The minimum Gasteiger partial charge on any atom is -0.384 e. The lowest BCUT2D eigenvalue weighted by molar-refractivity contribution is -0.137. The number of rotatable bonds is 6. The van der Waals surface area contributed by atoms with Gasteiger partial charge in [-0.05, 0) is 17.7 Å². The van der Waals surface area contributed by atoms with Crippen molar-refractivity contribution in [2.75, 3.05) is 19.0 Å². The van der Waals surface area contributed by atoms with Gasteiger partial charge in [-0.1, -0.05) is 12.1 Å². The van der Waals surface area contributed by atoms with Crippen LogP contribution in [-0.4, -0.2) is 29.4 Å². The molecule has 0 radical (unpaired) electrons. The molecule has 0 saturated carbocycles. The number of methoxy groups -OCH3 is 1. The number of carbonyl (C=O) groups is 1. The highest BCUT2D eigenvalue weighted by atomic mass is 19.4. The third-order valence-corrected chi connectivity index (χ3v) is 3.05. The zero-order valence-electron chi connectivity index (χ0n) is 12.4. The third kappa shape index (κ3) is 5.10. The van der Waals surface area contributed by atoms with Crippen molar-refractivity contribution in [2.45, 2.75) is 19.1 Å². The van der Waals surface area contributed by atoms with Crippen LogP contribution < -0.4 is 5.32 Å². The Morgan fingerprint density at radius 3 is 2.87 bits per heavy atom. The molecule has 0 saturated heterocycles. The second kappa shape index (κ2) is 7.28. The quantitative estimate of drug-likeness (QED) is 0.887. The summed E-state index contributed by atoms with van der Waals surface area (Å²) in [6.07, 6.45) is -1.15. The highest BCUT2D eigenvalue weighted by Gasteiger charge is 2.30. The molecule has 8 heteroatoms. The maximum Gasteiger partial charge on any atom is 0.416 e. The molecule has 0 aliphatic carbocycles. The minimum atomic E-state index is -4.37. The molecule has 23 heavy (non-hydrogen) atoms. The van der Waals surface area contributed by atoms with E-state index in [1.165, 1.54) is 24.1 Å². The van der Waals surface area contributed by atoms with Crippen molar-refractivity contribution >= 4 is 11.6 Å². The molecular weight excluding hydrogens is 311 g/mol. The van der Waals surface area contributed by atoms with Gasteiger partial charge in [-0.25, -0.2) is 0 Å². The summed E-state index contributed by atoms with van der Waals surface area (Å²) < 4.78 is 44.3. The van der Waals surface area contributed by atoms with E-state index in [0.29, 0.717) is 17.9 Å². The summed E-state index contributed by atoms with van der Waals surface area (Å²) in [5.41, 5.74) is 0.258. The number of amides is 1. The number of carbonyl (C=O) groups excluding carboxylic acids is 1. The number of ether oxygens (including phenoxy) is 1. The summed E-state index contributed by atoms with van der Waals surface area (Å²) >= 11 is 0. The van der Waals surface area contributed by atoms with Crippen molar-refractivity contribution in [1.82, 2.24) is 9.78 Å². The molecule has 1 N–H and O–H groups in total. The summed E-state index contributed by atoms with van der Waals surface area (Å²) in [5, 5.41) is 6.66. The number of halogens is 3. The van der Waals surface area contributed by atoms with Crippen LogP contribution in [0, 0.1) is 0 Å². The molecule has 5 nitrogen and oxygen atoms in total. The molecule has 1 amide bonds. The van der Waals surface area contributed by atoms with Crippen LogP contribution in [0.25, 0.3) is 0 Å². The van der Waals surface area contributed by atoms with Gasteiger partial charge in [-0.15, -0.1) is 0 Å². The fraction of sp³-hybridized carbons (Fsp3) is 0.333. The van der Waals surface area contributed by atoms with Crippen molar-refractivity contribution < 1.29 is 22.7 Å². The fourth-order valence-corrected chi connectivity index (χ4v) is 1.97. The van der Waals surface area contributed by atoms with Crippen LogP contribution in [-0.2, 0) is 22.3 Å². The summed E-state index contributed by atoms with van der Waals surface area (Å²) in [6.45, 7) is 0.488. The first-order valence-corrected chi connectivity index (χ1v) is 6.86. The lowest BCUT2D eigenvalue weighted by Crippen LogP contribution is -2.13. The number of alkyl halides is 3. The van der Waals surface area contributed by atoms with E-state index < -0.39 is 11.7 Å². The van der Waals surface area contributed by atoms with E-state index in [2.05, 4.69) is 10.4 Å². The molecule has 2 rings (SSSR count). The molecule has 0 unspecified atom stereocenters. The van der Waals surface area contributed by atoms with Crippen LogP contribution in [0.4, 0.5) is 18.9 Å². The van der Waals surface area contributed by atoms with Crippen molar-refractivity contribution in [3.05, 3.63) is 47.8 Å². The smallest absolute Gasteiger partial charge is 0.384 e. The van der Waals surface area contributed by atoms with Gasteiger partial charge in [0, 0.05) is 13.3 Å². The Bertz CT molecular complexity index is 668. The Kier molecular flexibility index (Phi) is 5.38. The van der Waals surface area contributed by atoms with E-state index in [1.807, 2.05) is 0 Å². The molecule has 1 heterocycles. The zero-order chi connectivity index (χ0) is 16.9. The topological polar surface area (TPSA) is 56.1 Å². The normalized spacial score (nSPS) is 11.5. The van der Waals surface area contributed by atoms with Gasteiger partial charge in [0.2, 0.25) is 5.91 Å². The molecular formula is C15H16F3N3O2. The first-order chi connectivity index (χ1) is 10.9. The number of hydrogen-bond donors (Lipinski definition) is 1. The maximum atomic E-state index is 12.7. The van der Waals surface area contributed by atoms with Crippen LogP contribution >= 0.6 is 0 Å². The molecule has 124 valence electrons. The van der Waals surface area contributed by atoms with E-state index in [0.717, 1.165) is 12.1 Å². The fourth-order valence-electron chi connectivity index (χ4n) is 1.97. The number of benzene rings is 1. The SMILES string of the molecule is COCCC(=O)Nc1cnn(Cc2cccc(C(F)(F)F)c2)c1. The zero-order valence-corrected chi connectivity index (χ0v) is 12.4. The lowest BCUT2D eigenvalue weighted by atomic mass is 10.1. The Morgan fingerprint density at radius 1 is 1.39 bits per heavy atom. The second-order valence-electron chi connectivity index (χ2n) is 4.92. The predicted molar refractivity (Wildman–Crippen MR) is 77.9 cm³/mol. The highest BCUT2D eigenvalue weighted by Crippen LogP contribution is 2.29. The average Bonchev–Trinajstić information content (AvgIpc) is 2.91. The van der Waals surface area contributed by atoms with Gasteiger partial charge in [0.25, 0.3) is 0 Å². The lowest BCUT2D eigenvalue weighted by Gasteiger charge is -2.08. The van der Waals surface area contributed by atoms with Gasteiger partial charge in [0.05, 0.1) is 37.0 Å². The molecule has 0 spiro atoms.